The molecule has 3 aromatic heterocycles. The third-order valence-electron chi connectivity index (χ3n) is 4.25. The summed E-state index contributed by atoms with van der Waals surface area (Å²) in [6, 6.07) is 7.45. The highest BCUT2D eigenvalue weighted by atomic mass is 16.3. The monoisotopic (exact) mass is 350 g/mol. The summed E-state index contributed by atoms with van der Waals surface area (Å²) >= 11 is 0. The van der Waals surface area contributed by atoms with E-state index >= 15 is 0 Å². The van der Waals surface area contributed by atoms with Gasteiger partial charge in [-0.15, -0.1) is 0 Å². The first-order valence-corrected chi connectivity index (χ1v) is 8.08. The van der Waals surface area contributed by atoms with Crippen molar-refractivity contribution in [1.29, 1.82) is 0 Å². The summed E-state index contributed by atoms with van der Waals surface area (Å²) in [4.78, 5) is 16.7. The summed E-state index contributed by atoms with van der Waals surface area (Å²) in [6.45, 7) is 3.95. The number of fused-ring (bicyclic) bond motifs is 1. The van der Waals surface area contributed by atoms with Gasteiger partial charge in [-0.05, 0) is 37.6 Å². The fourth-order valence-electron chi connectivity index (χ4n) is 2.99. The fraction of sp³-hybridized carbons (Fsp3) is 0.235. The largest absolute Gasteiger partial charge is 0.384 e. The maximum atomic E-state index is 11.0. The number of hydrogen-bond donors (Lipinski definition) is 2. The summed E-state index contributed by atoms with van der Waals surface area (Å²) in [5.41, 5.74) is 6.88. The lowest BCUT2D eigenvalue weighted by Gasteiger charge is -2.24. The molecule has 3 N–H and O–H groups in total. The molecule has 0 fully saturated rings. The van der Waals surface area contributed by atoms with E-state index in [1.807, 2.05) is 37.4 Å². The predicted molar refractivity (Wildman–Crippen MR) is 95.4 cm³/mol. The lowest BCUT2D eigenvalue weighted by molar-refractivity contribution is 0.0347. The molecule has 9 nitrogen and oxygen atoms in total. The minimum absolute atomic E-state index is 0.137. The Morgan fingerprint density at radius 2 is 2.08 bits per heavy atom. The van der Waals surface area contributed by atoms with Crippen molar-refractivity contribution in [2.75, 3.05) is 5.73 Å². The average molecular weight is 350 g/mol. The van der Waals surface area contributed by atoms with E-state index in [-0.39, 0.29) is 5.95 Å². The summed E-state index contributed by atoms with van der Waals surface area (Å²) in [7, 11) is 0. The Hall–Kier alpha value is -3.33. The van der Waals surface area contributed by atoms with Crippen molar-refractivity contribution >= 4 is 17.0 Å². The van der Waals surface area contributed by atoms with Gasteiger partial charge in [0.2, 0.25) is 11.9 Å². The van der Waals surface area contributed by atoms with Gasteiger partial charge < -0.3 is 10.8 Å². The molecule has 9 heteroatoms. The van der Waals surface area contributed by atoms with Crippen LogP contribution in [0.1, 0.15) is 18.3 Å². The van der Waals surface area contributed by atoms with Gasteiger partial charge in [0.05, 0.1) is 17.6 Å². The maximum Gasteiger partial charge on any atom is 0.240 e. The average Bonchev–Trinajstić information content (AvgIpc) is 3.20. The highest BCUT2D eigenvalue weighted by molar-refractivity contribution is 5.78. The SMILES string of the molecule is Cc1nc2ccc(C(C)(O)Cn3cccn3)cc2n1-c1ncnc(N)n1. The van der Waals surface area contributed by atoms with Crippen molar-refractivity contribution in [2.45, 2.75) is 26.0 Å². The number of nitrogens with zero attached hydrogens (tertiary/aromatic N) is 7. The standard InChI is InChI=1S/C17H18N8O/c1-11-22-13-5-4-12(17(2,26)9-24-7-3-6-21-24)8-14(13)25(11)16-20-10-19-15(18)23-16/h3-8,10,26H,9H2,1-2H3,(H2,18,19,20,23). The molecule has 0 amide bonds. The lowest BCUT2D eigenvalue weighted by atomic mass is 9.95. The summed E-state index contributed by atoms with van der Waals surface area (Å²) in [6.07, 6.45) is 4.86. The molecule has 132 valence electrons. The van der Waals surface area contributed by atoms with Crippen molar-refractivity contribution in [1.82, 2.24) is 34.3 Å². The van der Waals surface area contributed by atoms with E-state index in [1.165, 1.54) is 6.33 Å². The van der Waals surface area contributed by atoms with E-state index in [1.54, 1.807) is 22.4 Å². The van der Waals surface area contributed by atoms with Crippen LogP contribution in [0.25, 0.3) is 17.0 Å². The second-order valence-corrected chi connectivity index (χ2v) is 6.32. The quantitative estimate of drug-likeness (QED) is 0.567. The number of anilines is 1. The van der Waals surface area contributed by atoms with Gasteiger partial charge in [-0.25, -0.2) is 15.0 Å². The molecular weight excluding hydrogens is 332 g/mol. The van der Waals surface area contributed by atoms with Crippen molar-refractivity contribution in [3.63, 3.8) is 0 Å². The Morgan fingerprint density at radius 3 is 2.81 bits per heavy atom. The number of imidazole rings is 1. The van der Waals surface area contributed by atoms with Crippen LogP contribution in [0.2, 0.25) is 0 Å². The van der Waals surface area contributed by atoms with Gasteiger partial charge in [-0.3, -0.25) is 9.25 Å². The predicted octanol–water partition coefficient (Wildman–Crippen LogP) is 1.21. The smallest absolute Gasteiger partial charge is 0.240 e. The lowest BCUT2D eigenvalue weighted by Crippen LogP contribution is -2.28. The van der Waals surface area contributed by atoms with Crippen LogP contribution >= 0.6 is 0 Å². The van der Waals surface area contributed by atoms with E-state index in [0.29, 0.717) is 12.5 Å². The number of rotatable bonds is 4. The number of nitrogens with two attached hydrogens (primary N) is 1. The molecule has 0 radical (unpaired) electrons. The minimum Gasteiger partial charge on any atom is -0.384 e. The molecule has 3 heterocycles. The second kappa shape index (κ2) is 5.88. The summed E-state index contributed by atoms with van der Waals surface area (Å²) < 4.78 is 3.49. The number of hydrogen-bond acceptors (Lipinski definition) is 7. The molecule has 26 heavy (non-hydrogen) atoms. The molecule has 0 aliphatic carbocycles. The summed E-state index contributed by atoms with van der Waals surface area (Å²) in [5, 5.41) is 15.1. The van der Waals surface area contributed by atoms with Crippen LogP contribution in [0.15, 0.2) is 43.0 Å². The fourth-order valence-corrected chi connectivity index (χ4v) is 2.99. The molecule has 4 aromatic rings. The van der Waals surface area contributed by atoms with E-state index in [0.717, 1.165) is 22.4 Å². The van der Waals surface area contributed by atoms with Gasteiger partial charge in [0.1, 0.15) is 17.8 Å². The van der Waals surface area contributed by atoms with E-state index < -0.39 is 5.60 Å². The van der Waals surface area contributed by atoms with Gasteiger partial charge in [0.15, 0.2) is 0 Å². The topological polar surface area (TPSA) is 121 Å². The first kappa shape index (κ1) is 16.2. The van der Waals surface area contributed by atoms with Gasteiger partial charge in [0, 0.05) is 12.4 Å². The first-order chi connectivity index (χ1) is 12.4. The number of nitrogen functional groups attached to an aromatic ring is 1. The van der Waals surface area contributed by atoms with Crippen molar-refractivity contribution < 1.29 is 5.11 Å². The maximum absolute atomic E-state index is 11.0. The molecule has 0 spiro atoms. The number of aryl methyl sites for hydroxylation is 1. The van der Waals surface area contributed by atoms with Crippen molar-refractivity contribution in [3.05, 3.63) is 54.4 Å². The molecule has 0 aliphatic heterocycles. The van der Waals surface area contributed by atoms with Gasteiger partial charge in [-0.2, -0.15) is 10.1 Å². The van der Waals surface area contributed by atoms with E-state index in [4.69, 9.17) is 5.73 Å². The Morgan fingerprint density at radius 1 is 1.23 bits per heavy atom. The zero-order valence-corrected chi connectivity index (χ0v) is 14.4. The van der Waals surface area contributed by atoms with Gasteiger partial charge in [0.25, 0.3) is 0 Å². The number of aromatic nitrogens is 7. The number of benzene rings is 1. The summed E-state index contributed by atoms with van der Waals surface area (Å²) in [5.74, 6) is 1.24. The zero-order valence-electron chi connectivity index (χ0n) is 14.4. The minimum atomic E-state index is -1.11. The van der Waals surface area contributed by atoms with E-state index in [2.05, 4.69) is 25.0 Å². The van der Waals surface area contributed by atoms with Crippen LogP contribution < -0.4 is 5.73 Å². The Labute approximate surface area is 149 Å². The first-order valence-electron chi connectivity index (χ1n) is 8.08. The highest BCUT2D eigenvalue weighted by Gasteiger charge is 2.25. The molecule has 4 rings (SSSR count). The Balaban J connectivity index is 1.83. The van der Waals surface area contributed by atoms with Crippen LogP contribution in [0, 0.1) is 6.92 Å². The molecule has 1 unspecified atom stereocenters. The molecule has 0 saturated heterocycles. The Bertz CT molecular complexity index is 1070. The van der Waals surface area contributed by atoms with Crippen LogP contribution in [0.3, 0.4) is 0 Å². The van der Waals surface area contributed by atoms with Crippen molar-refractivity contribution in [2.24, 2.45) is 0 Å². The van der Waals surface area contributed by atoms with Crippen molar-refractivity contribution in [3.8, 4) is 5.95 Å². The third kappa shape index (κ3) is 2.78. The molecule has 1 aromatic carbocycles. The van der Waals surface area contributed by atoms with Crippen LogP contribution in [0.4, 0.5) is 5.95 Å². The highest BCUT2D eigenvalue weighted by Crippen LogP contribution is 2.28. The van der Waals surface area contributed by atoms with Gasteiger partial charge >= 0.3 is 0 Å². The van der Waals surface area contributed by atoms with Gasteiger partial charge in [-0.1, -0.05) is 6.07 Å². The molecule has 0 bridgehead atoms. The molecule has 0 aliphatic rings. The normalized spacial score (nSPS) is 13.8. The van der Waals surface area contributed by atoms with Crippen LogP contribution in [-0.4, -0.2) is 39.4 Å². The molecule has 1 atom stereocenters. The van der Waals surface area contributed by atoms with E-state index in [9.17, 15) is 5.11 Å². The Kier molecular flexibility index (Phi) is 3.66. The molecular formula is C17H18N8O. The van der Waals surface area contributed by atoms with Crippen LogP contribution in [0.5, 0.6) is 0 Å². The van der Waals surface area contributed by atoms with Crippen LogP contribution in [-0.2, 0) is 12.1 Å². The number of aliphatic hydroxyl groups is 1. The third-order valence-corrected chi connectivity index (χ3v) is 4.25. The molecule has 0 saturated carbocycles. The zero-order chi connectivity index (χ0) is 18.3. The second-order valence-electron chi connectivity index (χ2n) is 6.32.